The standard InChI is InChI=1S/C12H14N2O3S/c13-12(18)8-2-1-3-9(4-8)14-11(15)7-17-10-5-16-6-10/h1-4,10H,5-7H2,(H2,13,18)(H,14,15). The number of carbonyl (C=O) groups is 1. The molecule has 0 radical (unpaired) electrons. The highest BCUT2D eigenvalue weighted by Crippen LogP contribution is 2.11. The summed E-state index contributed by atoms with van der Waals surface area (Å²) in [6.45, 7) is 1.14. The molecule has 2 rings (SSSR count). The molecular formula is C12H14N2O3S. The summed E-state index contributed by atoms with van der Waals surface area (Å²) in [6, 6.07) is 7.07. The van der Waals surface area contributed by atoms with E-state index in [4.69, 9.17) is 27.4 Å². The molecule has 0 saturated carbocycles. The van der Waals surface area contributed by atoms with Crippen LogP contribution in [0.2, 0.25) is 0 Å². The zero-order chi connectivity index (χ0) is 13.0. The molecule has 0 aliphatic carbocycles. The van der Waals surface area contributed by atoms with Gasteiger partial charge >= 0.3 is 0 Å². The fraction of sp³-hybridized carbons (Fsp3) is 0.333. The van der Waals surface area contributed by atoms with Crippen LogP contribution >= 0.6 is 12.2 Å². The molecule has 3 N–H and O–H groups in total. The van der Waals surface area contributed by atoms with Crippen molar-refractivity contribution in [2.45, 2.75) is 6.10 Å². The van der Waals surface area contributed by atoms with Gasteiger partial charge in [0.25, 0.3) is 0 Å². The van der Waals surface area contributed by atoms with E-state index in [1.54, 1.807) is 24.3 Å². The second kappa shape index (κ2) is 5.90. The van der Waals surface area contributed by atoms with E-state index in [0.29, 0.717) is 23.9 Å². The van der Waals surface area contributed by atoms with Crippen molar-refractivity contribution in [3.63, 3.8) is 0 Å². The molecule has 6 heteroatoms. The Bertz CT molecular complexity index is 460. The van der Waals surface area contributed by atoms with Crippen molar-refractivity contribution in [1.82, 2.24) is 0 Å². The number of thiocarbonyl (C=S) groups is 1. The monoisotopic (exact) mass is 266 g/mol. The highest BCUT2D eigenvalue weighted by molar-refractivity contribution is 7.80. The number of nitrogens with one attached hydrogen (secondary N) is 1. The second-order valence-electron chi connectivity index (χ2n) is 3.96. The Kier molecular flexibility index (Phi) is 4.24. The largest absolute Gasteiger partial charge is 0.389 e. The van der Waals surface area contributed by atoms with E-state index < -0.39 is 0 Å². The first-order valence-electron chi connectivity index (χ1n) is 5.54. The van der Waals surface area contributed by atoms with Crippen LogP contribution in [-0.2, 0) is 14.3 Å². The number of amides is 1. The van der Waals surface area contributed by atoms with E-state index in [1.165, 1.54) is 0 Å². The van der Waals surface area contributed by atoms with Crippen molar-refractivity contribution < 1.29 is 14.3 Å². The fourth-order valence-electron chi connectivity index (χ4n) is 1.45. The quantitative estimate of drug-likeness (QED) is 0.766. The predicted molar refractivity (Wildman–Crippen MR) is 71.5 cm³/mol. The molecule has 18 heavy (non-hydrogen) atoms. The van der Waals surface area contributed by atoms with E-state index in [2.05, 4.69) is 5.32 Å². The van der Waals surface area contributed by atoms with Gasteiger partial charge in [0, 0.05) is 11.3 Å². The number of nitrogens with two attached hydrogens (primary N) is 1. The summed E-state index contributed by atoms with van der Waals surface area (Å²) in [6.07, 6.45) is 0.0405. The lowest BCUT2D eigenvalue weighted by Crippen LogP contribution is -2.38. The summed E-state index contributed by atoms with van der Waals surface area (Å²) in [5.41, 5.74) is 6.89. The first-order valence-corrected chi connectivity index (χ1v) is 5.95. The Labute approximate surface area is 110 Å². The molecule has 1 saturated heterocycles. The minimum atomic E-state index is -0.206. The van der Waals surface area contributed by atoms with Crippen LogP contribution in [0.3, 0.4) is 0 Å². The number of ether oxygens (including phenoxy) is 2. The third-order valence-corrected chi connectivity index (χ3v) is 2.72. The number of benzene rings is 1. The van der Waals surface area contributed by atoms with E-state index in [0.717, 1.165) is 5.56 Å². The smallest absolute Gasteiger partial charge is 0.250 e. The van der Waals surface area contributed by atoms with Gasteiger partial charge in [-0.2, -0.15) is 0 Å². The molecular weight excluding hydrogens is 252 g/mol. The Morgan fingerprint density at radius 2 is 2.33 bits per heavy atom. The van der Waals surface area contributed by atoms with E-state index >= 15 is 0 Å². The molecule has 0 spiro atoms. The van der Waals surface area contributed by atoms with Gasteiger partial charge < -0.3 is 20.5 Å². The van der Waals surface area contributed by atoms with Gasteiger partial charge in [-0.25, -0.2) is 0 Å². The maximum Gasteiger partial charge on any atom is 0.250 e. The van der Waals surface area contributed by atoms with Crippen molar-refractivity contribution in [2.24, 2.45) is 5.73 Å². The van der Waals surface area contributed by atoms with Gasteiger partial charge in [-0.15, -0.1) is 0 Å². The van der Waals surface area contributed by atoms with Gasteiger partial charge in [-0.05, 0) is 12.1 Å². The predicted octanol–water partition coefficient (Wildman–Crippen LogP) is 0.675. The summed E-state index contributed by atoms with van der Waals surface area (Å²) in [5, 5.41) is 2.72. The van der Waals surface area contributed by atoms with Gasteiger partial charge in [-0.3, -0.25) is 4.79 Å². The molecule has 96 valence electrons. The minimum Gasteiger partial charge on any atom is -0.389 e. The average molecular weight is 266 g/mol. The van der Waals surface area contributed by atoms with Gasteiger partial charge in [-0.1, -0.05) is 24.4 Å². The molecule has 1 aromatic carbocycles. The lowest BCUT2D eigenvalue weighted by Gasteiger charge is -2.25. The molecule has 5 nitrogen and oxygen atoms in total. The Morgan fingerprint density at radius 3 is 2.94 bits per heavy atom. The highest BCUT2D eigenvalue weighted by atomic mass is 32.1. The van der Waals surface area contributed by atoms with Crippen LogP contribution in [0.4, 0.5) is 5.69 Å². The third-order valence-electron chi connectivity index (χ3n) is 2.49. The second-order valence-corrected chi connectivity index (χ2v) is 4.40. The maximum absolute atomic E-state index is 11.6. The molecule has 1 aliphatic rings. The molecule has 1 aromatic rings. The molecule has 1 amide bonds. The van der Waals surface area contributed by atoms with E-state index in [1.807, 2.05) is 0 Å². The minimum absolute atomic E-state index is 0.0192. The molecule has 1 aliphatic heterocycles. The Morgan fingerprint density at radius 1 is 1.56 bits per heavy atom. The van der Waals surface area contributed by atoms with Crippen molar-refractivity contribution in [1.29, 1.82) is 0 Å². The number of rotatable bonds is 5. The number of carbonyl (C=O) groups excluding carboxylic acids is 1. The lowest BCUT2D eigenvalue weighted by atomic mass is 10.2. The van der Waals surface area contributed by atoms with Crippen LogP contribution in [0.15, 0.2) is 24.3 Å². The Balaban J connectivity index is 1.85. The topological polar surface area (TPSA) is 73.6 Å². The zero-order valence-electron chi connectivity index (χ0n) is 9.72. The van der Waals surface area contributed by atoms with Crippen LogP contribution in [0.25, 0.3) is 0 Å². The molecule has 0 bridgehead atoms. The van der Waals surface area contributed by atoms with Crippen LogP contribution in [-0.4, -0.2) is 36.8 Å². The van der Waals surface area contributed by atoms with Crippen molar-refractivity contribution >= 4 is 28.8 Å². The van der Waals surface area contributed by atoms with Crippen molar-refractivity contribution in [3.8, 4) is 0 Å². The van der Waals surface area contributed by atoms with Crippen LogP contribution in [0.1, 0.15) is 5.56 Å². The molecule has 0 aromatic heterocycles. The number of anilines is 1. The first-order chi connectivity index (χ1) is 8.65. The van der Waals surface area contributed by atoms with Gasteiger partial charge in [0.2, 0.25) is 5.91 Å². The molecule has 1 heterocycles. The summed E-state index contributed by atoms with van der Waals surface area (Å²) in [5.74, 6) is -0.206. The lowest BCUT2D eigenvalue weighted by molar-refractivity contribution is -0.144. The summed E-state index contributed by atoms with van der Waals surface area (Å²) in [4.78, 5) is 11.9. The van der Waals surface area contributed by atoms with Crippen molar-refractivity contribution in [3.05, 3.63) is 29.8 Å². The number of hydrogen-bond donors (Lipinski definition) is 2. The first kappa shape index (κ1) is 12.9. The molecule has 0 atom stereocenters. The highest BCUT2D eigenvalue weighted by Gasteiger charge is 2.19. The molecule has 1 fully saturated rings. The van der Waals surface area contributed by atoms with Crippen molar-refractivity contribution in [2.75, 3.05) is 25.1 Å². The normalized spacial score (nSPS) is 14.9. The van der Waals surface area contributed by atoms with Crippen LogP contribution in [0.5, 0.6) is 0 Å². The average Bonchev–Trinajstić information content (AvgIpc) is 2.27. The van der Waals surface area contributed by atoms with Crippen LogP contribution in [0, 0.1) is 0 Å². The van der Waals surface area contributed by atoms with Gasteiger partial charge in [0.15, 0.2) is 0 Å². The summed E-state index contributed by atoms with van der Waals surface area (Å²) < 4.78 is 10.2. The van der Waals surface area contributed by atoms with E-state index in [9.17, 15) is 4.79 Å². The summed E-state index contributed by atoms with van der Waals surface area (Å²) in [7, 11) is 0. The molecule has 0 unspecified atom stereocenters. The Hall–Kier alpha value is -1.50. The fourth-order valence-corrected chi connectivity index (χ4v) is 1.58. The number of hydrogen-bond acceptors (Lipinski definition) is 4. The zero-order valence-corrected chi connectivity index (χ0v) is 10.5. The van der Waals surface area contributed by atoms with Crippen LogP contribution < -0.4 is 11.1 Å². The maximum atomic E-state index is 11.6. The van der Waals surface area contributed by atoms with E-state index in [-0.39, 0.29) is 18.6 Å². The van der Waals surface area contributed by atoms with Gasteiger partial charge in [0.1, 0.15) is 17.7 Å². The SMILES string of the molecule is NC(=S)c1cccc(NC(=O)COC2COC2)c1. The van der Waals surface area contributed by atoms with Gasteiger partial charge in [0.05, 0.1) is 13.2 Å². The third kappa shape index (κ3) is 3.49. The summed E-state index contributed by atoms with van der Waals surface area (Å²) >= 11 is 4.87.